The van der Waals surface area contributed by atoms with Crippen LogP contribution in [0.4, 0.5) is 11.4 Å². The summed E-state index contributed by atoms with van der Waals surface area (Å²) in [5.74, 6) is -0.276. The number of aromatic nitrogens is 2. The minimum Gasteiger partial charge on any atom is -0.322 e. The normalized spacial score (nSPS) is 11.1. The molecule has 0 aliphatic heterocycles. The number of carbonyl (C=O) groups is 1. The summed E-state index contributed by atoms with van der Waals surface area (Å²) in [7, 11) is -1.58. The molecule has 2 aromatic rings. The van der Waals surface area contributed by atoms with Crippen LogP contribution in [0, 0.1) is 0 Å². The molecule has 0 unspecified atom stereocenters. The molecule has 106 valence electrons. The Bertz CT molecular complexity index is 719. The van der Waals surface area contributed by atoms with Crippen LogP contribution in [0.5, 0.6) is 0 Å². The summed E-state index contributed by atoms with van der Waals surface area (Å²) in [6.45, 7) is 0. The Labute approximate surface area is 116 Å². The summed E-state index contributed by atoms with van der Waals surface area (Å²) < 4.78 is 26.0. The largest absolute Gasteiger partial charge is 0.322 e. The number of hydrogen-bond acceptors (Lipinski definition) is 4. The first-order valence-electron chi connectivity index (χ1n) is 5.71. The van der Waals surface area contributed by atoms with Crippen LogP contribution < -0.4 is 10.0 Å². The molecule has 0 spiro atoms. The van der Waals surface area contributed by atoms with Crippen LogP contribution in [0.25, 0.3) is 0 Å². The van der Waals surface area contributed by atoms with E-state index in [1.807, 2.05) is 0 Å². The van der Waals surface area contributed by atoms with Gasteiger partial charge in [0.05, 0.1) is 18.0 Å². The van der Waals surface area contributed by atoms with E-state index in [-0.39, 0.29) is 5.91 Å². The number of anilines is 2. The van der Waals surface area contributed by atoms with Crippen LogP contribution >= 0.6 is 0 Å². The lowest BCUT2D eigenvalue weighted by Gasteiger charge is -2.06. The van der Waals surface area contributed by atoms with E-state index in [0.717, 1.165) is 6.26 Å². The van der Waals surface area contributed by atoms with E-state index >= 15 is 0 Å². The van der Waals surface area contributed by atoms with Gasteiger partial charge in [-0.05, 0) is 24.3 Å². The number of hydrogen-bond donors (Lipinski definition) is 2. The Hall–Kier alpha value is -2.35. The van der Waals surface area contributed by atoms with Crippen LogP contribution in [-0.2, 0) is 17.1 Å². The van der Waals surface area contributed by atoms with E-state index in [2.05, 4.69) is 15.1 Å². The number of aryl methyl sites for hydroxylation is 1. The van der Waals surface area contributed by atoms with Crippen molar-refractivity contribution >= 4 is 27.3 Å². The molecule has 2 N–H and O–H groups in total. The number of carbonyl (C=O) groups excluding carboxylic acids is 1. The summed E-state index contributed by atoms with van der Waals surface area (Å²) in [6, 6.07) is 6.36. The predicted octanol–water partition coefficient (Wildman–Crippen LogP) is 1.04. The standard InChI is InChI=1S/C12H14N4O3S/c1-16-8-9(7-13-16)12(17)14-10-3-5-11(6-4-10)15-20(2,18)19/h3-8,15H,1-2H3,(H,14,17). The van der Waals surface area contributed by atoms with Gasteiger partial charge in [0.25, 0.3) is 5.91 Å². The number of benzene rings is 1. The van der Waals surface area contributed by atoms with E-state index in [0.29, 0.717) is 16.9 Å². The van der Waals surface area contributed by atoms with Gasteiger partial charge in [0, 0.05) is 24.6 Å². The Kier molecular flexibility index (Phi) is 3.75. The fraction of sp³-hybridized carbons (Fsp3) is 0.167. The second-order valence-corrected chi connectivity index (χ2v) is 6.06. The fourth-order valence-electron chi connectivity index (χ4n) is 1.58. The summed E-state index contributed by atoms with van der Waals surface area (Å²) in [4.78, 5) is 11.9. The van der Waals surface area contributed by atoms with Crippen LogP contribution in [-0.4, -0.2) is 30.4 Å². The minimum atomic E-state index is -3.30. The maximum absolute atomic E-state index is 11.9. The van der Waals surface area contributed by atoms with Gasteiger partial charge in [-0.15, -0.1) is 0 Å². The predicted molar refractivity (Wildman–Crippen MR) is 76.1 cm³/mol. The number of nitrogens with zero attached hydrogens (tertiary/aromatic N) is 2. The van der Waals surface area contributed by atoms with Crippen LogP contribution in [0.3, 0.4) is 0 Å². The van der Waals surface area contributed by atoms with Gasteiger partial charge in [-0.25, -0.2) is 8.42 Å². The van der Waals surface area contributed by atoms with Gasteiger partial charge < -0.3 is 5.32 Å². The van der Waals surface area contributed by atoms with Gasteiger partial charge in [0.15, 0.2) is 0 Å². The average Bonchev–Trinajstić information content (AvgIpc) is 2.77. The first-order chi connectivity index (χ1) is 9.33. The third kappa shape index (κ3) is 3.82. The minimum absolute atomic E-state index is 0.276. The molecule has 0 saturated heterocycles. The molecule has 1 heterocycles. The first-order valence-corrected chi connectivity index (χ1v) is 7.60. The summed E-state index contributed by atoms with van der Waals surface area (Å²) in [6.07, 6.45) is 4.15. The van der Waals surface area contributed by atoms with Crippen molar-refractivity contribution in [3.8, 4) is 0 Å². The van der Waals surface area contributed by atoms with Gasteiger partial charge in [-0.2, -0.15) is 5.10 Å². The van der Waals surface area contributed by atoms with E-state index < -0.39 is 10.0 Å². The molecule has 8 heteroatoms. The highest BCUT2D eigenvalue weighted by Crippen LogP contribution is 2.15. The highest BCUT2D eigenvalue weighted by Gasteiger charge is 2.08. The zero-order chi connectivity index (χ0) is 14.8. The molecule has 0 fully saturated rings. The monoisotopic (exact) mass is 294 g/mol. The number of amides is 1. The van der Waals surface area contributed by atoms with Gasteiger partial charge in [0.2, 0.25) is 10.0 Å². The fourth-order valence-corrected chi connectivity index (χ4v) is 2.14. The third-order valence-corrected chi connectivity index (χ3v) is 3.02. The smallest absolute Gasteiger partial charge is 0.258 e. The topological polar surface area (TPSA) is 93.1 Å². The van der Waals surface area contributed by atoms with Crippen LogP contribution in [0.2, 0.25) is 0 Å². The van der Waals surface area contributed by atoms with Gasteiger partial charge in [0.1, 0.15) is 0 Å². The molecule has 0 saturated carbocycles. The van der Waals surface area contributed by atoms with E-state index in [1.54, 1.807) is 37.5 Å². The second-order valence-electron chi connectivity index (χ2n) is 4.31. The molecule has 1 amide bonds. The molecule has 2 rings (SSSR count). The Balaban J connectivity index is 2.06. The number of nitrogens with one attached hydrogen (secondary N) is 2. The maximum atomic E-state index is 11.9. The van der Waals surface area contributed by atoms with Crippen molar-refractivity contribution in [1.82, 2.24) is 9.78 Å². The van der Waals surface area contributed by atoms with Crippen molar-refractivity contribution in [3.05, 3.63) is 42.2 Å². The first kappa shape index (κ1) is 14.1. The SMILES string of the molecule is Cn1cc(C(=O)Nc2ccc(NS(C)(=O)=O)cc2)cn1. The second kappa shape index (κ2) is 5.33. The maximum Gasteiger partial charge on any atom is 0.258 e. The molecule has 0 radical (unpaired) electrons. The summed E-state index contributed by atoms with van der Waals surface area (Å²) in [5.41, 5.74) is 1.45. The van der Waals surface area contributed by atoms with E-state index in [9.17, 15) is 13.2 Å². The third-order valence-electron chi connectivity index (χ3n) is 2.41. The lowest BCUT2D eigenvalue weighted by molar-refractivity contribution is 0.102. The highest BCUT2D eigenvalue weighted by molar-refractivity contribution is 7.92. The summed E-state index contributed by atoms with van der Waals surface area (Å²) >= 11 is 0. The molecule has 0 aliphatic rings. The van der Waals surface area contributed by atoms with Crippen molar-refractivity contribution in [2.75, 3.05) is 16.3 Å². The zero-order valence-corrected chi connectivity index (χ0v) is 11.8. The molecular weight excluding hydrogens is 280 g/mol. The molecule has 0 atom stereocenters. The Morgan fingerprint density at radius 3 is 2.30 bits per heavy atom. The average molecular weight is 294 g/mol. The quantitative estimate of drug-likeness (QED) is 0.881. The van der Waals surface area contributed by atoms with Crippen molar-refractivity contribution in [1.29, 1.82) is 0 Å². The van der Waals surface area contributed by atoms with E-state index in [4.69, 9.17) is 0 Å². The Morgan fingerprint density at radius 2 is 1.80 bits per heavy atom. The molecule has 1 aromatic heterocycles. The van der Waals surface area contributed by atoms with Crippen LogP contribution in [0.15, 0.2) is 36.7 Å². The summed E-state index contributed by atoms with van der Waals surface area (Å²) in [5, 5.41) is 6.60. The van der Waals surface area contributed by atoms with E-state index in [1.165, 1.54) is 10.9 Å². The molecule has 20 heavy (non-hydrogen) atoms. The lowest BCUT2D eigenvalue weighted by atomic mass is 10.2. The molecular formula is C12H14N4O3S. The van der Waals surface area contributed by atoms with Gasteiger partial charge in [-0.1, -0.05) is 0 Å². The van der Waals surface area contributed by atoms with Gasteiger partial charge >= 0.3 is 0 Å². The lowest BCUT2D eigenvalue weighted by Crippen LogP contribution is -2.12. The molecule has 1 aromatic carbocycles. The molecule has 0 bridgehead atoms. The zero-order valence-electron chi connectivity index (χ0n) is 11.0. The highest BCUT2D eigenvalue weighted by atomic mass is 32.2. The van der Waals surface area contributed by atoms with Crippen LogP contribution in [0.1, 0.15) is 10.4 Å². The van der Waals surface area contributed by atoms with Crippen molar-refractivity contribution < 1.29 is 13.2 Å². The molecule has 0 aliphatic carbocycles. The van der Waals surface area contributed by atoms with Crippen molar-refractivity contribution in [3.63, 3.8) is 0 Å². The number of rotatable bonds is 4. The van der Waals surface area contributed by atoms with Crippen molar-refractivity contribution in [2.45, 2.75) is 0 Å². The number of sulfonamides is 1. The van der Waals surface area contributed by atoms with Crippen molar-refractivity contribution in [2.24, 2.45) is 7.05 Å². The Morgan fingerprint density at radius 1 is 1.20 bits per heavy atom. The van der Waals surface area contributed by atoms with Gasteiger partial charge in [-0.3, -0.25) is 14.2 Å². The molecule has 7 nitrogen and oxygen atoms in total.